The topological polar surface area (TPSA) is 78.7 Å². The van der Waals surface area contributed by atoms with Crippen molar-refractivity contribution in [2.75, 3.05) is 21.3 Å². The third-order valence-electron chi connectivity index (χ3n) is 4.10. The number of aliphatic imine (C=N–C) groups is 1. The third-order valence-corrected chi connectivity index (χ3v) is 4.10. The Morgan fingerprint density at radius 2 is 2.00 bits per heavy atom. The van der Waals surface area contributed by atoms with Gasteiger partial charge < -0.3 is 20.1 Å². The SMILES string of the molecule is CN=C(NCc1cc(C#N)ccc1F)NC(C)c1cc(OC)ccc1OC. The predicted molar refractivity (Wildman–Crippen MR) is 102 cm³/mol. The van der Waals surface area contributed by atoms with Crippen LogP contribution in [0.5, 0.6) is 11.5 Å². The molecule has 0 saturated carbocycles. The Balaban J connectivity index is 2.10. The number of nitrogens with one attached hydrogen (secondary N) is 2. The summed E-state index contributed by atoms with van der Waals surface area (Å²) in [7, 11) is 4.84. The van der Waals surface area contributed by atoms with Crippen molar-refractivity contribution in [3.8, 4) is 17.6 Å². The maximum absolute atomic E-state index is 13.9. The van der Waals surface area contributed by atoms with E-state index in [0.717, 1.165) is 17.1 Å². The van der Waals surface area contributed by atoms with Crippen LogP contribution in [-0.4, -0.2) is 27.2 Å². The van der Waals surface area contributed by atoms with Crippen LogP contribution in [0, 0.1) is 17.1 Å². The van der Waals surface area contributed by atoms with E-state index < -0.39 is 0 Å². The first-order chi connectivity index (χ1) is 13.0. The quantitative estimate of drug-likeness (QED) is 0.603. The largest absolute Gasteiger partial charge is 0.497 e. The molecule has 0 radical (unpaired) electrons. The van der Waals surface area contributed by atoms with Gasteiger partial charge in [-0.15, -0.1) is 0 Å². The van der Waals surface area contributed by atoms with Crippen molar-refractivity contribution in [3.63, 3.8) is 0 Å². The highest BCUT2D eigenvalue weighted by atomic mass is 19.1. The summed E-state index contributed by atoms with van der Waals surface area (Å²) in [6.07, 6.45) is 0. The fourth-order valence-electron chi connectivity index (χ4n) is 2.61. The lowest BCUT2D eigenvalue weighted by atomic mass is 10.1. The minimum atomic E-state index is -0.375. The lowest BCUT2D eigenvalue weighted by molar-refractivity contribution is 0.394. The summed E-state index contributed by atoms with van der Waals surface area (Å²) in [6.45, 7) is 2.16. The molecule has 2 aromatic carbocycles. The van der Waals surface area contributed by atoms with Gasteiger partial charge in [-0.25, -0.2) is 4.39 Å². The Morgan fingerprint density at radius 1 is 1.22 bits per heavy atom. The Hall–Kier alpha value is -3.27. The summed E-state index contributed by atoms with van der Waals surface area (Å²) >= 11 is 0. The van der Waals surface area contributed by atoms with Crippen LogP contribution in [0.1, 0.15) is 29.7 Å². The number of guanidine groups is 1. The number of benzene rings is 2. The normalized spacial score (nSPS) is 12.1. The first-order valence-electron chi connectivity index (χ1n) is 8.40. The number of hydrogen-bond donors (Lipinski definition) is 2. The summed E-state index contributed by atoms with van der Waals surface area (Å²) in [4.78, 5) is 4.17. The van der Waals surface area contributed by atoms with E-state index in [1.807, 2.05) is 31.2 Å². The van der Waals surface area contributed by atoms with E-state index >= 15 is 0 Å². The maximum atomic E-state index is 13.9. The van der Waals surface area contributed by atoms with Crippen molar-refractivity contribution in [1.29, 1.82) is 5.26 Å². The molecule has 0 spiro atoms. The Morgan fingerprint density at radius 3 is 2.63 bits per heavy atom. The molecular formula is C20H23FN4O2. The van der Waals surface area contributed by atoms with E-state index in [9.17, 15) is 4.39 Å². The molecule has 7 heteroatoms. The highest BCUT2D eigenvalue weighted by Gasteiger charge is 2.14. The van der Waals surface area contributed by atoms with Gasteiger partial charge in [-0.05, 0) is 43.3 Å². The van der Waals surface area contributed by atoms with Crippen molar-refractivity contribution in [2.45, 2.75) is 19.5 Å². The van der Waals surface area contributed by atoms with Gasteiger partial charge in [0, 0.05) is 24.7 Å². The van der Waals surface area contributed by atoms with E-state index in [1.165, 1.54) is 18.2 Å². The van der Waals surface area contributed by atoms with Crippen LogP contribution in [0.3, 0.4) is 0 Å². The van der Waals surface area contributed by atoms with E-state index in [-0.39, 0.29) is 18.4 Å². The van der Waals surface area contributed by atoms with Gasteiger partial charge in [-0.2, -0.15) is 5.26 Å². The molecule has 0 saturated heterocycles. The molecule has 2 aromatic rings. The van der Waals surface area contributed by atoms with Crippen LogP contribution < -0.4 is 20.1 Å². The molecule has 27 heavy (non-hydrogen) atoms. The lowest BCUT2D eigenvalue weighted by Gasteiger charge is -2.21. The summed E-state index contributed by atoms with van der Waals surface area (Å²) < 4.78 is 24.6. The van der Waals surface area contributed by atoms with E-state index in [4.69, 9.17) is 14.7 Å². The van der Waals surface area contributed by atoms with Gasteiger partial charge in [0.2, 0.25) is 0 Å². The third kappa shape index (κ3) is 5.11. The molecule has 2 N–H and O–H groups in total. The van der Waals surface area contributed by atoms with Crippen molar-refractivity contribution in [3.05, 3.63) is 58.9 Å². The van der Waals surface area contributed by atoms with Gasteiger partial charge in [0.15, 0.2) is 5.96 Å². The fraction of sp³-hybridized carbons (Fsp3) is 0.300. The van der Waals surface area contributed by atoms with Crippen LogP contribution in [0.2, 0.25) is 0 Å². The molecule has 0 aliphatic heterocycles. The van der Waals surface area contributed by atoms with E-state index in [1.54, 1.807) is 21.3 Å². The number of ether oxygens (including phenoxy) is 2. The minimum Gasteiger partial charge on any atom is -0.497 e. The second kappa shape index (κ2) is 9.43. The van der Waals surface area contributed by atoms with Crippen molar-refractivity contribution in [2.24, 2.45) is 4.99 Å². The molecule has 1 atom stereocenters. The maximum Gasteiger partial charge on any atom is 0.191 e. The number of nitriles is 1. The molecule has 0 fully saturated rings. The second-order valence-corrected chi connectivity index (χ2v) is 5.82. The molecule has 0 bridgehead atoms. The van der Waals surface area contributed by atoms with Crippen molar-refractivity contribution < 1.29 is 13.9 Å². The zero-order chi connectivity index (χ0) is 19.8. The average molecular weight is 370 g/mol. The Kier molecular flexibility index (Phi) is 7.00. The highest BCUT2D eigenvalue weighted by molar-refractivity contribution is 5.80. The van der Waals surface area contributed by atoms with Crippen LogP contribution in [0.4, 0.5) is 4.39 Å². The molecule has 2 rings (SSSR count). The number of hydrogen-bond acceptors (Lipinski definition) is 4. The summed E-state index contributed by atoms with van der Waals surface area (Å²) in [5.41, 5.74) is 1.70. The average Bonchev–Trinajstić information content (AvgIpc) is 2.71. The Labute approximate surface area is 158 Å². The minimum absolute atomic E-state index is 0.142. The van der Waals surface area contributed by atoms with Gasteiger partial charge in [0.1, 0.15) is 17.3 Å². The standard InChI is InChI=1S/C20H23FN4O2/c1-13(17-10-16(26-3)6-8-19(17)27-4)25-20(23-2)24-12-15-9-14(11-22)5-7-18(15)21/h5-10,13H,12H2,1-4H3,(H2,23,24,25). The zero-order valence-electron chi connectivity index (χ0n) is 15.8. The number of nitrogens with zero attached hydrogens (tertiary/aromatic N) is 2. The van der Waals surface area contributed by atoms with Crippen LogP contribution >= 0.6 is 0 Å². The molecule has 6 nitrogen and oxygen atoms in total. The number of rotatable bonds is 6. The van der Waals surface area contributed by atoms with Crippen LogP contribution in [-0.2, 0) is 6.54 Å². The van der Waals surface area contributed by atoms with Gasteiger partial charge in [0.05, 0.1) is 31.9 Å². The van der Waals surface area contributed by atoms with Gasteiger partial charge >= 0.3 is 0 Å². The molecule has 0 amide bonds. The van der Waals surface area contributed by atoms with Gasteiger partial charge in [0.25, 0.3) is 0 Å². The van der Waals surface area contributed by atoms with E-state index in [0.29, 0.717) is 17.1 Å². The molecule has 0 aliphatic rings. The molecular weight excluding hydrogens is 347 g/mol. The second-order valence-electron chi connectivity index (χ2n) is 5.82. The van der Waals surface area contributed by atoms with Crippen LogP contribution in [0.15, 0.2) is 41.4 Å². The molecule has 0 aliphatic carbocycles. The number of halogens is 1. The van der Waals surface area contributed by atoms with Crippen molar-refractivity contribution >= 4 is 5.96 Å². The molecule has 1 unspecified atom stereocenters. The first kappa shape index (κ1) is 20.0. The van der Waals surface area contributed by atoms with Crippen LogP contribution in [0.25, 0.3) is 0 Å². The Bertz CT molecular complexity index is 862. The highest BCUT2D eigenvalue weighted by Crippen LogP contribution is 2.29. The lowest BCUT2D eigenvalue weighted by Crippen LogP contribution is -2.38. The summed E-state index contributed by atoms with van der Waals surface area (Å²) in [5, 5.41) is 15.3. The van der Waals surface area contributed by atoms with Gasteiger partial charge in [-0.1, -0.05) is 0 Å². The molecule has 0 aromatic heterocycles. The van der Waals surface area contributed by atoms with Crippen molar-refractivity contribution in [1.82, 2.24) is 10.6 Å². The van der Waals surface area contributed by atoms with E-state index in [2.05, 4.69) is 15.6 Å². The number of methoxy groups -OCH3 is 2. The smallest absolute Gasteiger partial charge is 0.191 e. The molecule has 0 heterocycles. The van der Waals surface area contributed by atoms with Gasteiger partial charge in [-0.3, -0.25) is 4.99 Å². The first-order valence-corrected chi connectivity index (χ1v) is 8.40. The summed E-state index contributed by atoms with van der Waals surface area (Å²) in [5.74, 6) is 1.56. The zero-order valence-corrected chi connectivity index (χ0v) is 15.8. The predicted octanol–water partition coefficient (Wildman–Crippen LogP) is 3.14. The monoisotopic (exact) mass is 370 g/mol. The fourth-order valence-corrected chi connectivity index (χ4v) is 2.61. The summed E-state index contributed by atoms with van der Waals surface area (Å²) in [6, 6.07) is 11.7. The molecule has 142 valence electrons.